The molecule has 2 unspecified atom stereocenters. The number of hydrogen-bond acceptors (Lipinski definition) is 2. The number of nitrogens with one attached hydrogen (secondary N) is 1. The maximum atomic E-state index is 7.00. The molecule has 2 aromatic carbocycles. The van der Waals surface area contributed by atoms with Crippen LogP contribution in [0.5, 0.6) is 0 Å². The number of hydrogen-bond donors (Lipinski definition) is 1. The van der Waals surface area contributed by atoms with E-state index in [1.165, 1.54) is 23.2 Å². The highest BCUT2D eigenvalue weighted by atomic mass is 28.4. The molecule has 2 nitrogen and oxygen atoms in total. The molecule has 4 rings (SSSR count). The van der Waals surface area contributed by atoms with Gasteiger partial charge < -0.3 is 9.74 Å². The largest absolute Gasteiger partial charge is 0.406 e. The van der Waals surface area contributed by atoms with Gasteiger partial charge in [-0.05, 0) is 34.2 Å². The van der Waals surface area contributed by atoms with Crippen LogP contribution in [0.25, 0.3) is 0 Å². The van der Waals surface area contributed by atoms with E-state index in [4.69, 9.17) is 4.43 Å². The third-order valence-corrected chi connectivity index (χ3v) is 10.9. The van der Waals surface area contributed by atoms with Gasteiger partial charge in [-0.15, -0.1) is 0 Å². The normalized spacial score (nSPS) is 25.6. The van der Waals surface area contributed by atoms with E-state index in [0.29, 0.717) is 6.04 Å². The summed E-state index contributed by atoms with van der Waals surface area (Å²) in [7, 11) is -2.36. The van der Waals surface area contributed by atoms with Gasteiger partial charge in [-0.3, -0.25) is 0 Å². The fraction of sp³-hybridized carbons (Fsp3) is 0.455. The van der Waals surface area contributed by atoms with E-state index in [2.05, 4.69) is 86.8 Å². The molecule has 1 saturated carbocycles. The summed E-state index contributed by atoms with van der Waals surface area (Å²) >= 11 is 0. The predicted molar refractivity (Wildman–Crippen MR) is 107 cm³/mol. The Morgan fingerprint density at radius 1 is 0.920 bits per heavy atom. The molecule has 1 N–H and O–H groups in total. The molecule has 2 aliphatic rings. The first-order valence-corrected chi connectivity index (χ1v) is 11.4. The van der Waals surface area contributed by atoms with Crippen LogP contribution >= 0.6 is 0 Å². The topological polar surface area (TPSA) is 21.3 Å². The van der Waals surface area contributed by atoms with Crippen LogP contribution in [0.1, 0.15) is 33.6 Å². The zero-order valence-electron chi connectivity index (χ0n) is 15.5. The Kier molecular flexibility index (Phi) is 4.34. The molecule has 0 aromatic heterocycles. The third kappa shape index (κ3) is 3.09. The summed E-state index contributed by atoms with van der Waals surface area (Å²) in [6, 6.07) is 23.2. The Balaban J connectivity index is 1.72. The van der Waals surface area contributed by atoms with E-state index in [0.717, 1.165) is 18.6 Å². The van der Waals surface area contributed by atoms with Crippen molar-refractivity contribution in [2.45, 2.75) is 50.7 Å². The van der Waals surface area contributed by atoms with Gasteiger partial charge in [0.1, 0.15) is 0 Å². The van der Waals surface area contributed by atoms with Crippen LogP contribution in [0.3, 0.4) is 0 Å². The zero-order chi connectivity index (χ0) is 17.5. The van der Waals surface area contributed by atoms with Crippen LogP contribution in [0.15, 0.2) is 60.7 Å². The summed E-state index contributed by atoms with van der Waals surface area (Å²) in [5.74, 6) is 0.910. The Bertz CT molecular complexity index is 660. The van der Waals surface area contributed by atoms with E-state index in [1.54, 1.807) is 0 Å². The summed E-state index contributed by atoms with van der Waals surface area (Å²) in [5.41, 5.74) is 0. The van der Waals surface area contributed by atoms with Gasteiger partial charge in [0.25, 0.3) is 8.32 Å². The lowest BCUT2D eigenvalue weighted by Crippen LogP contribution is -2.67. The number of piperidine rings is 1. The van der Waals surface area contributed by atoms with Crippen molar-refractivity contribution in [3.05, 3.63) is 60.7 Å². The third-order valence-electron chi connectivity index (χ3n) is 5.88. The monoisotopic (exact) mass is 351 g/mol. The first-order valence-electron chi connectivity index (χ1n) is 9.52. The van der Waals surface area contributed by atoms with Gasteiger partial charge in [0.2, 0.25) is 0 Å². The number of benzene rings is 2. The van der Waals surface area contributed by atoms with E-state index in [1.807, 2.05) is 0 Å². The zero-order valence-corrected chi connectivity index (χ0v) is 16.5. The maximum absolute atomic E-state index is 7.00. The standard InChI is InChI=1S/C22H29NOSi/c1-22(2,3)25(19-10-6-4-7-11-19,20-12-8-5-9-13-20)24-16-18-14-17-15-21(17)23-18/h4-13,17-18,21,23H,14-16H2,1-3H3/t17?,18-,21?/m0/s1. The molecule has 2 aromatic rings. The highest BCUT2D eigenvalue weighted by molar-refractivity contribution is 6.99. The molecule has 132 valence electrons. The summed E-state index contributed by atoms with van der Waals surface area (Å²) < 4.78 is 7.00. The summed E-state index contributed by atoms with van der Waals surface area (Å²) in [6.45, 7) is 7.86. The number of rotatable bonds is 5. The van der Waals surface area contributed by atoms with Crippen LogP contribution in [0.4, 0.5) is 0 Å². The van der Waals surface area contributed by atoms with Gasteiger partial charge in [-0.2, -0.15) is 0 Å². The van der Waals surface area contributed by atoms with Gasteiger partial charge in [-0.1, -0.05) is 81.4 Å². The number of fused-ring (bicyclic) bond motifs is 1. The van der Waals surface area contributed by atoms with Crippen molar-refractivity contribution in [3.8, 4) is 0 Å². The van der Waals surface area contributed by atoms with Crippen LogP contribution < -0.4 is 15.7 Å². The fourth-order valence-corrected chi connectivity index (χ4v) is 9.16. The quantitative estimate of drug-likeness (QED) is 0.835. The highest BCUT2D eigenvalue weighted by Crippen LogP contribution is 2.42. The lowest BCUT2D eigenvalue weighted by molar-refractivity contribution is 0.253. The van der Waals surface area contributed by atoms with Crippen molar-refractivity contribution in [3.63, 3.8) is 0 Å². The van der Waals surface area contributed by atoms with E-state index in [9.17, 15) is 0 Å². The molecular formula is C22H29NOSi. The van der Waals surface area contributed by atoms with Crippen molar-refractivity contribution >= 4 is 18.7 Å². The van der Waals surface area contributed by atoms with Crippen LogP contribution in [-0.2, 0) is 4.43 Å². The molecule has 0 amide bonds. The molecule has 0 bridgehead atoms. The molecule has 1 saturated heterocycles. The second-order valence-electron chi connectivity index (χ2n) is 8.68. The van der Waals surface area contributed by atoms with Gasteiger partial charge in [-0.25, -0.2) is 0 Å². The first-order chi connectivity index (χ1) is 12.0. The Labute approximate surface area is 152 Å². The average Bonchev–Trinajstić information content (AvgIpc) is 3.22. The van der Waals surface area contributed by atoms with Crippen LogP contribution in [-0.4, -0.2) is 27.0 Å². The van der Waals surface area contributed by atoms with Crippen molar-refractivity contribution in [2.24, 2.45) is 5.92 Å². The van der Waals surface area contributed by atoms with Crippen molar-refractivity contribution in [1.82, 2.24) is 5.32 Å². The smallest absolute Gasteiger partial charge is 0.261 e. The second-order valence-corrected chi connectivity index (χ2v) is 13.0. The van der Waals surface area contributed by atoms with Crippen molar-refractivity contribution < 1.29 is 4.43 Å². The van der Waals surface area contributed by atoms with Crippen molar-refractivity contribution in [2.75, 3.05) is 6.61 Å². The lowest BCUT2D eigenvalue weighted by Gasteiger charge is -2.43. The minimum atomic E-state index is -2.36. The van der Waals surface area contributed by atoms with E-state index >= 15 is 0 Å². The summed E-state index contributed by atoms with van der Waals surface area (Å²) in [4.78, 5) is 0. The average molecular weight is 352 g/mol. The first kappa shape index (κ1) is 17.0. The minimum absolute atomic E-state index is 0.0667. The summed E-state index contributed by atoms with van der Waals surface area (Å²) in [5, 5.41) is 6.56. The minimum Gasteiger partial charge on any atom is -0.406 e. The molecule has 25 heavy (non-hydrogen) atoms. The molecule has 1 aliphatic carbocycles. The van der Waals surface area contributed by atoms with Gasteiger partial charge in [0.05, 0.1) is 6.61 Å². The Hall–Kier alpha value is -1.42. The molecule has 3 heteroatoms. The second kappa shape index (κ2) is 6.38. The maximum Gasteiger partial charge on any atom is 0.261 e. The molecular weight excluding hydrogens is 322 g/mol. The highest BCUT2D eigenvalue weighted by Gasteiger charge is 2.52. The molecule has 3 atom stereocenters. The lowest BCUT2D eigenvalue weighted by atomic mass is 10.2. The molecule has 0 radical (unpaired) electrons. The Morgan fingerprint density at radius 2 is 1.48 bits per heavy atom. The fourth-order valence-electron chi connectivity index (χ4n) is 4.55. The predicted octanol–water partition coefficient (Wildman–Crippen LogP) is 3.31. The van der Waals surface area contributed by atoms with Gasteiger partial charge in [0.15, 0.2) is 0 Å². The van der Waals surface area contributed by atoms with E-state index in [-0.39, 0.29) is 5.04 Å². The summed E-state index contributed by atoms with van der Waals surface area (Å²) in [6.07, 6.45) is 2.65. The van der Waals surface area contributed by atoms with Gasteiger partial charge in [0, 0.05) is 12.1 Å². The van der Waals surface area contributed by atoms with Gasteiger partial charge >= 0.3 is 0 Å². The van der Waals surface area contributed by atoms with Crippen LogP contribution in [0.2, 0.25) is 5.04 Å². The van der Waals surface area contributed by atoms with E-state index < -0.39 is 8.32 Å². The Morgan fingerprint density at radius 3 is 1.92 bits per heavy atom. The molecule has 1 aliphatic heterocycles. The van der Waals surface area contributed by atoms with Crippen molar-refractivity contribution in [1.29, 1.82) is 0 Å². The molecule has 0 spiro atoms. The molecule has 1 heterocycles. The van der Waals surface area contributed by atoms with Crippen LogP contribution in [0, 0.1) is 5.92 Å². The SMILES string of the molecule is CC(C)(C)[Si](OC[C@@H]1CC2CC2N1)(c1ccccc1)c1ccccc1. The molecule has 2 fully saturated rings.